The first-order valence-electron chi connectivity index (χ1n) is 3.65. The van der Waals surface area contributed by atoms with E-state index in [1.54, 1.807) is 0 Å². The highest BCUT2D eigenvalue weighted by Gasteiger charge is 2.33. The molecule has 74 valence electrons. The van der Waals surface area contributed by atoms with Gasteiger partial charge in [0.2, 0.25) is 5.76 Å². The maximum atomic E-state index is 10.4. The fraction of sp³-hybridized carbons (Fsp3) is 0.571. The first-order chi connectivity index (χ1) is 6.06. The van der Waals surface area contributed by atoms with Gasteiger partial charge in [-0.05, 0) is 6.08 Å². The lowest BCUT2D eigenvalue weighted by molar-refractivity contribution is -0.145. The maximum Gasteiger partial charge on any atom is 0.370 e. The quantitative estimate of drug-likeness (QED) is 0.404. The van der Waals surface area contributed by atoms with Crippen molar-refractivity contribution in [3.8, 4) is 0 Å². The van der Waals surface area contributed by atoms with Crippen LogP contribution in [0, 0.1) is 0 Å². The Morgan fingerprint density at radius 2 is 2.15 bits per heavy atom. The highest BCUT2D eigenvalue weighted by molar-refractivity contribution is 5.84. The van der Waals surface area contributed by atoms with Crippen molar-refractivity contribution in [3.05, 3.63) is 11.8 Å². The van der Waals surface area contributed by atoms with E-state index in [1.807, 2.05) is 0 Å². The summed E-state index contributed by atoms with van der Waals surface area (Å²) in [7, 11) is 0. The van der Waals surface area contributed by atoms with Crippen LogP contribution in [0.25, 0.3) is 0 Å². The fourth-order valence-electron chi connectivity index (χ4n) is 1.01. The number of carboxylic acids is 1. The molecule has 0 aliphatic carbocycles. The van der Waals surface area contributed by atoms with E-state index >= 15 is 0 Å². The predicted octanol–water partition coefficient (Wildman–Crippen LogP) is -1.93. The topological polar surface area (TPSA) is 107 Å². The maximum absolute atomic E-state index is 10.4. The Balaban J connectivity index is 2.81. The van der Waals surface area contributed by atoms with Gasteiger partial charge in [0, 0.05) is 0 Å². The average Bonchev–Trinajstić information content (AvgIpc) is 2.09. The normalized spacial score (nSPS) is 33.5. The molecule has 0 aromatic rings. The molecule has 13 heavy (non-hydrogen) atoms. The van der Waals surface area contributed by atoms with Gasteiger partial charge >= 0.3 is 5.97 Å². The van der Waals surface area contributed by atoms with E-state index in [1.165, 1.54) is 0 Å². The molecule has 6 nitrogen and oxygen atoms in total. The Morgan fingerprint density at radius 3 is 2.62 bits per heavy atom. The van der Waals surface area contributed by atoms with E-state index in [9.17, 15) is 4.79 Å². The minimum atomic E-state index is -1.34. The van der Waals surface area contributed by atoms with Gasteiger partial charge in [0.05, 0.1) is 6.61 Å². The van der Waals surface area contributed by atoms with Gasteiger partial charge in [-0.25, -0.2) is 4.79 Å². The summed E-state index contributed by atoms with van der Waals surface area (Å²) in [6.45, 7) is -0.553. The molecule has 0 unspecified atom stereocenters. The van der Waals surface area contributed by atoms with Crippen molar-refractivity contribution >= 4 is 5.97 Å². The number of carbonyl (C=O) groups is 1. The molecule has 1 heterocycles. The van der Waals surface area contributed by atoms with Crippen molar-refractivity contribution in [2.75, 3.05) is 6.61 Å². The number of aliphatic hydroxyl groups excluding tert-OH is 3. The Hall–Kier alpha value is -1.11. The molecule has 0 bridgehead atoms. The monoisotopic (exact) mass is 190 g/mol. The standard InChI is InChI=1S/C7H10O6/c8-2-5-6(10)3(9)1-4(13-5)7(11)12/h1,3,5-6,8-10H,2H2,(H,11,12)/t3-,5-,6+/m0/s1. The molecule has 4 N–H and O–H groups in total. The van der Waals surface area contributed by atoms with Crippen LogP contribution < -0.4 is 0 Å². The Bertz CT molecular complexity index is 235. The zero-order chi connectivity index (χ0) is 10.0. The number of hydrogen-bond acceptors (Lipinski definition) is 5. The van der Waals surface area contributed by atoms with Gasteiger partial charge in [-0.2, -0.15) is 0 Å². The Morgan fingerprint density at radius 1 is 1.54 bits per heavy atom. The zero-order valence-electron chi connectivity index (χ0n) is 6.62. The van der Waals surface area contributed by atoms with E-state index in [2.05, 4.69) is 4.74 Å². The lowest BCUT2D eigenvalue weighted by Gasteiger charge is -2.29. The van der Waals surface area contributed by atoms with Crippen LogP contribution in [0.1, 0.15) is 0 Å². The molecule has 0 radical (unpaired) electrons. The number of carboxylic acid groups (broad SMARTS) is 1. The summed E-state index contributed by atoms with van der Waals surface area (Å²) in [5.74, 6) is -1.80. The van der Waals surface area contributed by atoms with E-state index in [0.29, 0.717) is 0 Å². The number of aliphatic carboxylic acids is 1. The predicted molar refractivity (Wildman–Crippen MR) is 39.7 cm³/mol. The SMILES string of the molecule is O=C(O)C1=C[C@H](O)[C@@H](O)[C@H](CO)O1. The summed E-state index contributed by atoms with van der Waals surface area (Å²) in [5.41, 5.74) is 0. The largest absolute Gasteiger partial charge is 0.478 e. The third-order valence-electron chi connectivity index (χ3n) is 1.72. The van der Waals surface area contributed by atoms with E-state index in [-0.39, 0.29) is 0 Å². The van der Waals surface area contributed by atoms with Gasteiger partial charge in [0.1, 0.15) is 12.2 Å². The highest BCUT2D eigenvalue weighted by Crippen LogP contribution is 2.17. The molecule has 0 saturated heterocycles. The molecule has 0 amide bonds. The number of aliphatic hydroxyl groups is 3. The molecular formula is C7H10O6. The minimum absolute atomic E-state index is 0.461. The van der Waals surface area contributed by atoms with Gasteiger partial charge in [-0.15, -0.1) is 0 Å². The average molecular weight is 190 g/mol. The fourth-order valence-corrected chi connectivity index (χ4v) is 1.01. The summed E-state index contributed by atoms with van der Waals surface area (Å²) in [6, 6.07) is 0. The van der Waals surface area contributed by atoms with Crippen LogP contribution in [0.4, 0.5) is 0 Å². The van der Waals surface area contributed by atoms with Gasteiger partial charge in [0.15, 0.2) is 6.10 Å². The van der Waals surface area contributed by atoms with Gasteiger partial charge < -0.3 is 25.2 Å². The first kappa shape index (κ1) is 9.97. The molecule has 6 heteroatoms. The van der Waals surface area contributed by atoms with Crippen molar-refractivity contribution in [2.45, 2.75) is 18.3 Å². The van der Waals surface area contributed by atoms with Crippen LogP contribution in [-0.4, -0.2) is 51.3 Å². The zero-order valence-corrected chi connectivity index (χ0v) is 6.62. The van der Waals surface area contributed by atoms with E-state index in [0.717, 1.165) is 6.08 Å². The van der Waals surface area contributed by atoms with Crippen molar-refractivity contribution < 1.29 is 30.0 Å². The lowest BCUT2D eigenvalue weighted by atomic mass is 10.0. The van der Waals surface area contributed by atoms with E-state index < -0.39 is 36.6 Å². The molecule has 3 atom stereocenters. The summed E-state index contributed by atoms with van der Waals surface area (Å²) in [4.78, 5) is 10.4. The van der Waals surface area contributed by atoms with Crippen LogP contribution in [0.5, 0.6) is 0 Å². The van der Waals surface area contributed by atoms with Crippen LogP contribution in [-0.2, 0) is 9.53 Å². The molecular weight excluding hydrogens is 180 g/mol. The van der Waals surface area contributed by atoms with E-state index in [4.69, 9.17) is 20.4 Å². The second-order valence-electron chi connectivity index (χ2n) is 2.66. The molecule has 0 saturated carbocycles. The van der Waals surface area contributed by atoms with Crippen molar-refractivity contribution in [3.63, 3.8) is 0 Å². The third-order valence-corrected chi connectivity index (χ3v) is 1.72. The molecule has 0 spiro atoms. The van der Waals surface area contributed by atoms with Crippen LogP contribution in [0.3, 0.4) is 0 Å². The third kappa shape index (κ3) is 1.97. The van der Waals surface area contributed by atoms with Crippen LogP contribution >= 0.6 is 0 Å². The van der Waals surface area contributed by atoms with Gasteiger partial charge in [0.25, 0.3) is 0 Å². The first-order valence-corrected chi connectivity index (χ1v) is 3.65. The summed E-state index contributed by atoms with van der Waals surface area (Å²) >= 11 is 0. The Kier molecular flexibility index (Phi) is 2.86. The van der Waals surface area contributed by atoms with Crippen LogP contribution in [0.2, 0.25) is 0 Å². The van der Waals surface area contributed by atoms with Gasteiger partial charge in [-0.3, -0.25) is 0 Å². The second kappa shape index (κ2) is 3.73. The molecule has 1 aliphatic rings. The van der Waals surface area contributed by atoms with Crippen LogP contribution in [0.15, 0.2) is 11.8 Å². The van der Waals surface area contributed by atoms with Gasteiger partial charge in [-0.1, -0.05) is 0 Å². The second-order valence-corrected chi connectivity index (χ2v) is 2.66. The molecule has 0 fully saturated rings. The highest BCUT2D eigenvalue weighted by atomic mass is 16.5. The summed E-state index contributed by atoms with van der Waals surface area (Å²) in [6.07, 6.45) is -2.82. The molecule has 1 aliphatic heterocycles. The van der Waals surface area contributed by atoms with Crippen molar-refractivity contribution in [1.29, 1.82) is 0 Å². The smallest absolute Gasteiger partial charge is 0.370 e. The molecule has 1 rings (SSSR count). The number of hydrogen-bond donors (Lipinski definition) is 4. The molecule has 0 aromatic heterocycles. The Labute approximate surface area is 73.7 Å². The van der Waals surface area contributed by atoms with Crippen molar-refractivity contribution in [2.24, 2.45) is 0 Å². The number of ether oxygens (including phenoxy) is 1. The molecule has 0 aromatic carbocycles. The summed E-state index contributed by atoms with van der Waals surface area (Å²) < 4.78 is 4.68. The van der Waals surface area contributed by atoms with Crippen molar-refractivity contribution in [1.82, 2.24) is 0 Å². The number of rotatable bonds is 2. The summed E-state index contributed by atoms with van der Waals surface area (Å²) in [5, 5.41) is 35.4. The lowest BCUT2D eigenvalue weighted by Crippen LogP contribution is -2.44. The minimum Gasteiger partial charge on any atom is -0.478 e.